The van der Waals surface area contributed by atoms with Gasteiger partial charge in [0.25, 0.3) is 0 Å². The minimum Gasteiger partial charge on any atom is -0.313 e. The van der Waals surface area contributed by atoms with Gasteiger partial charge in [-0.05, 0) is 145 Å². The monoisotopic (exact) mass is 817 g/mol. The summed E-state index contributed by atoms with van der Waals surface area (Å²) in [6.45, 7) is 4.78. The predicted octanol–water partition coefficient (Wildman–Crippen LogP) is 16.2. The van der Waals surface area contributed by atoms with Crippen LogP contribution in [0.1, 0.15) is 37.8 Å². The first-order valence-corrected chi connectivity index (χ1v) is 22.4. The van der Waals surface area contributed by atoms with Crippen molar-refractivity contribution in [3.8, 4) is 55.6 Å². The van der Waals surface area contributed by atoms with Crippen molar-refractivity contribution in [1.82, 2.24) is 14.5 Å². The van der Waals surface area contributed by atoms with Crippen LogP contribution in [-0.4, -0.2) is 14.5 Å². The van der Waals surface area contributed by atoms with E-state index in [1.54, 1.807) is 12.4 Å². The van der Waals surface area contributed by atoms with Gasteiger partial charge < -0.3 is 4.57 Å². The Morgan fingerprint density at radius 3 is 1.55 bits per heavy atom. The molecule has 0 amide bonds. The molecule has 64 heavy (non-hydrogen) atoms. The first kappa shape index (κ1) is 36.7. The summed E-state index contributed by atoms with van der Waals surface area (Å²) in [7, 11) is 0. The molecule has 11 aromatic rings. The molecular formula is C61H43N3. The van der Waals surface area contributed by atoms with Gasteiger partial charge in [0.05, 0.1) is 22.1 Å². The number of benzene rings is 9. The van der Waals surface area contributed by atoms with E-state index in [1.807, 2.05) is 0 Å². The second kappa shape index (κ2) is 14.1. The van der Waals surface area contributed by atoms with Crippen molar-refractivity contribution < 1.29 is 0 Å². The highest BCUT2D eigenvalue weighted by atomic mass is 15.0. The molecular weight excluding hydrogens is 775 g/mol. The SMILES string of the molecule is CC1(C)c2cc(-c3cccc(-c4cccc(-c5ccc6c(c5)c5ccccc5c5nccnc65)c4)c3)ccc2-c2ccc(-c3ccc4c(c3)c3ccccc3n4C3=CC=CCC3)cc21. The van der Waals surface area contributed by atoms with Crippen LogP contribution in [0.3, 0.4) is 0 Å². The average Bonchev–Trinajstić information content (AvgIpc) is 3.81. The molecule has 0 unspecified atom stereocenters. The minimum atomic E-state index is -0.159. The van der Waals surface area contributed by atoms with Gasteiger partial charge in [0.2, 0.25) is 0 Å². The van der Waals surface area contributed by atoms with Crippen molar-refractivity contribution in [2.24, 2.45) is 0 Å². The number of hydrogen-bond donors (Lipinski definition) is 0. The molecule has 0 N–H and O–H groups in total. The summed E-state index contributed by atoms with van der Waals surface area (Å²) in [5, 5.41) is 7.25. The molecule has 0 fully saturated rings. The lowest BCUT2D eigenvalue weighted by molar-refractivity contribution is 0.661. The highest BCUT2D eigenvalue weighted by molar-refractivity contribution is 6.23. The molecule has 3 heteroatoms. The Kier molecular flexibility index (Phi) is 8.08. The molecule has 2 aliphatic carbocycles. The lowest BCUT2D eigenvalue weighted by Gasteiger charge is -2.23. The Bertz CT molecular complexity index is 3790. The van der Waals surface area contributed by atoms with Gasteiger partial charge in [0, 0.05) is 45.1 Å². The van der Waals surface area contributed by atoms with Crippen molar-refractivity contribution >= 4 is 60.1 Å². The van der Waals surface area contributed by atoms with E-state index in [1.165, 1.54) is 105 Å². The van der Waals surface area contributed by atoms with Gasteiger partial charge in [-0.25, -0.2) is 0 Å². The molecule has 0 saturated heterocycles. The van der Waals surface area contributed by atoms with Crippen molar-refractivity contribution in [2.75, 3.05) is 0 Å². The van der Waals surface area contributed by atoms with Crippen LogP contribution in [0.5, 0.6) is 0 Å². The van der Waals surface area contributed by atoms with Crippen LogP contribution < -0.4 is 0 Å². The fraction of sp³-hybridized carbons (Fsp3) is 0.0820. The highest BCUT2D eigenvalue weighted by Gasteiger charge is 2.36. The Morgan fingerprint density at radius 1 is 0.422 bits per heavy atom. The number of hydrogen-bond acceptors (Lipinski definition) is 2. The zero-order chi connectivity index (χ0) is 42.5. The summed E-state index contributed by atoms with van der Waals surface area (Å²) in [6, 6.07) is 63.4. The quantitative estimate of drug-likeness (QED) is 0.162. The van der Waals surface area contributed by atoms with Crippen molar-refractivity contribution in [3.63, 3.8) is 0 Å². The fourth-order valence-corrected chi connectivity index (χ4v) is 10.9. The number of aromatic nitrogens is 3. The Hall–Kier alpha value is -7.88. The van der Waals surface area contributed by atoms with E-state index in [-0.39, 0.29) is 5.41 Å². The topological polar surface area (TPSA) is 30.7 Å². The lowest BCUT2D eigenvalue weighted by Crippen LogP contribution is -2.15. The van der Waals surface area contributed by atoms with Gasteiger partial charge in [-0.15, -0.1) is 0 Å². The van der Waals surface area contributed by atoms with Crippen LogP contribution >= 0.6 is 0 Å². The van der Waals surface area contributed by atoms with Crippen LogP contribution in [0.4, 0.5) is 0 Å². The standard InChI is InChI=1S/C61H43N3/c1-61(2)55-36-44(22-26-48(55)49-27-23-45(37-56(49)61)43-25-29-58-54(35-43)50-19-8-9-21-57(50)64(58)46-16-4-3-5-17-46)41-15-11-13-39(33-41)38-12-10-14-40(32-38)42-24-28-52-53(34-42)47-18-6-7-20-51(47)59-60(52)63-31-30-62-59/h3-4,6-16,18-37H,5,17H2,1-2H3. The third kappa shape index (κ3) is 5.60. The van der Waals surface area contributed by atoms with E-state index >= 15 is 0 Å². The van der Waals surface area contributed by atoms with Gasteiger partial charge in [-0.3, -0.25) is 9.97 Å². The molecule has 0 atom stereocenters. The Labute approximate surface area is 372 Å². The smallest absolute Gasteiger partial charge is 0.0971 e. The summed E-state index contributed by atoms with van der Waals surface area (Å²) in [5.41, 5.74) is 20.8. The number of allylic oxidation sites excluding steroid dienone is 4. The second-order valence-electron chi connectivity index (χ2n) is 18.1. The Morgan fingerprint density at radius 2 is 0.922 bits per heavy atom. The second-order valence-corrected chi connectivity index (χ2v) is 18.1. The number of rotatable bonds is 5. The molecule has 3 nitrogen and oxygen atoms in total. The molecule has 9 aromatic carbocycles. The van der Waals surface area contributed by atoms with Gasteiger partial charge >= 0.3 is 0 Å². The summed E-state index contributed by atoms with van der Waals surface area (Å²) in [6.07, 6.45) is 12.4. The van der Waals surface area contributed by atoms with Crippen molar-refractivity contribution in [1.29, 1.82) is 0 Å². The van der Waals surface area contributed by atoms with Crippen LogP contribution in [0, 0.1) is 0 Å². The lowest BCUT2D eigenvalue weighted by atomic mass is 9.80. The zero-order valence-corrected chi connectivity index (χ0v) is 35.8. The van der Waals surface area contributed by atoms with Crippen LogP contribution in [0.25, 0.3) is 116 Å². The molecule has 0 spiro atoms. The zero-order valence-electron chi connectivity index (χ0n) is 35.8. The molecule has 302 valence electrons. The molecule has 0 aliphatic heterocycles. The summed E-state index contributed by atoms with van der Waals surface area (Å²) < 4.78 is 2.47. The van der Waals surface area contributed by atoms with Gasteiger partial charge in [0.1, 0.15) is 0 Å². The van der Waals surface area contributed by atoms with Crippen LogP contribution in [-0.2, 0) is 5.41 Å². The van der Waals surface area contributed by atoms with E-state index in [0.29, 0.717) is 0 Å². The van der Waals surface area contributed by atoms with Crippen molar-refractivity contribution in [2.45, 2.75) is 32.1 Å². The predicted molar refractivity (Wildman–Crippen MR) is 270 cm³/mol. The third-order valence-electron chi connectivity index (χ3n) is 14.1. The number of nitrogens with zero attached hydrogens (tertiary/aromatic N) is 3. The minimum absolute atomic E-state index is 0.159. The van der Waals surface area contributed by atoms with E-state index in [2.05, 4.69) is 207 Å². The fourth-order valence-electron chi connectivity index (χ4n) is 10.9. The van der Waals surface area contributed by atoms with Crippen LogP contribution in [0.15, 0.2) is 200 Å². The van der Waals surface area contributed by atoms with Crippen LogP contribution in [0.2, 0.25) is 0 Å². The molecule has 0 radical (unpaired) electrons. The number of para-hydroxylation sites is 1. The maximum absolute atomic E-state index is 4.76. The highest BCUT2D eigenvalue weighted by Crippen LogP contribution is 2.51. The number of fused-ring (bicyclic) bond motifs is 12. The average molecular weight is 818 g/mol. The normalized spacial score (nSPS) is 14.1. The van der Waals surface area contributed by atoms with E-state index in [9.17, 15) is 0 Å². The third-order valence-corrected chi connectivity index (χ3v) is 14.1. The van der Waals surface area contributed by atoms with Gasteiger partial charge in [-0.2, -0.15) is 0 Å². The Balaban J connectivity index is 0.830. The van der Waals surface area contributed by atoms with Crippen molar-refractivity contribution in [3.05, 3.63) is 212 Å². The summed E-state index contributed by atoms with van der Waals surface area (Å²) in [5.74, 6) is 0. The molecule has 2 aliphatic rings. The molecule has 2 heterocycles. The molecule has 2 aromatic heterocycles. The molecule has 13 rings (SSSR count). The van der Waals surface area contributed by atoms with Gasteiger partial charge in [0.15, 0.2) is 0 Å². The van der Waals surface area contributed by atoms with Gasteiger partial charge in [-0.1, -0.05) is 147 Å². The van der Waals surface area contributed by atoms with E-state index in [4.69, 9.17) is 9.97 Å². The maximum atomic E-state index is 4.76. The van der Waals surface area contributed by atoms with E-state index < -0.39 is 0 Å². The summed E-state index contributed by atoms with van der Waals surface area (Å²) in [4.78, 5) is 9.49. The summed E-state index contributed by atoms with van der Waals surface area (Å²) >= 11 is 0. The van der Waals surface area contributed by atoms with E-state index in [0.717, 1.165) is 34.6 Å². The largest absolute Gasteiger partial charge is 0.313 e. The first-order chi connectivity index (χ1) is 31.5. The maximum Gasteiger partial charge on any atom is 0.0971 e. The molecule has 0 saturated carbocycles. The first-order valence-electron chi connectivity index (χ1n) is 22.4. The molecule has 0 bridgehead atoms.